The number of nitrogens with one attached hydrogen (secondary N) is 1. The van der Waals surface area contributed by atoms with Gasteiger partial charge < -0.3 is 10.2 Å². The van der Waals surface area contributed by atoms with Gasteiger partial charge in [0.1, 0.15) is 5.82 Å². The van der Waals surface area contributed by atoms with E-state index in [9.17, 15) is 8.42 Å². The van der Waals surface area contributed by atoms with Gasteiger partial charge in [-0.15, -0.1) is 0 Å². The molecule has 2 fully saturated rings. The fourth-order valence-electron chi connectivity index (χ4n) is 2.82. The number of sulfone groups is 1. The molecular weight excluding hydrogens is 286 g/mol. The van der Waals surface area contributed by atoms with Gasteiger partial charge in [-0.05, 0) is 43.9 Å². The molecule has 2 heterocycles. The van der Waals surface area contributed by atoms with E-state index in [1.54, 1.807) is 0 Å². The first-order valence-electron chi connectivity index (χ1n) is 7.57. The molecule has 0 spiro atoms. The highest BCUT2D eigenvalue weighted by atomic mass is 32.2. The zero-order chi connectivity index (χ0) is 15.0. The van der Waals surface area contributed by atoms with Crippen molar-refractivity contribution in [3.8, 4) is 0 Å². The Morgan fingerprint density at radius 3 is 2.71 bits per heavy atom. The van der Waals surface area contributed by atoms with Crippen LogP contribution in [-0.4, -0.2) is 44.0 Å². The summed E-state index contributed by atoms with van der Waals surface area (Å²) in [5.74, 6) is 1.42. The van der Waals surface area contributed by atoms with Crippen LogP contribution >= 0.6 is 0 Å². The first kappa shape index (κ1) is 14.8. The summed E-state index contributed by atoms with van der Waals surface area (Å²) in [4.78, 5) is 6.60. The molecule has 1 aromatic rings. The zero-order valence-electron chi connectivity index (χ0n) is 12.7. The normalized spacial score (nSPS) is 24.2. The second kappa shape index (κ2) is 5.57. The van der Waals surface area contributed by atoms with E-state index in [0.29, 0.717) is 18.2 Å². The summed E-state index contributed by atoms with van der Waals surface area (Å²) in [5, 5.41) is 3.51. The Morgan fingerprint density at radius 2 is 2.10 bits per heavy atom. The van der Waals surface area contributed by atoms with Crippen LogP contribution in [0.3, 0.4) is 0 Å². The highest BCUT2D eigenvalue weighted by molar-refractivity contribution is 7.91. The summed E-state index contributed by atoms with van der Waals surface area (Å²) in [6.07, 6.45) is 3.25. The number of aromatic nitrogens is 1. The van der Waals surface area contributed by atoms with Gasteiger partial charge in [0.05, 0.1) is 11.5 Å². The van der Waals surface area contributed by atoms with Gasteiger partial charge in [0, 0.05) is 31.4 Å². The molecule has 1 aliphatic carbocycles. The van der Waals surface area contributed by atoms with E-state index in [0.717, 1.165) is 18.1 Å². The van der Waals surface area contributed by atoms with Gasteiger partial charge in [-0.3, -0.25) is 0 Å². The second-order valence-corrected chi connectivity index (χ2v) is 8.53. The topological polar surface area (TPSA) is 62.3 Å². The van der Waals surface area contributed by atoms with E-state index in [-0.39, 0.29) is 11.8 Å². The number of aryl methyl sites for hydroxylation is 1. The molecule has 0 bridgehead atoms. The number of rotatable bonds is 5. The summed E-state index contributed by atoms with van der Waals surface area (Å²) in [5.41, 5.74) is 2.20. The van der Waals surface area contributed by atoms with Crippen LogP contribution in [-0.2, 0) is 16.4 Å². The standard InChI is InChI=1S/C15H23N3O2S/c1-11-7-12(9-16-13-3-4-13)8-15(17-11)18(2)14-5-6-21(19,20)10-14/h7-8,13-14,16H,3-6,9-10H2,1-2H3. The van der Waals surface area contributed by atoms with Crippen molar-refractivity contribution >= 4 is 15.7 Å². The summed E-state index contributed by atoms with van der Waals surface area (Å²) in [6, 6.07) is 4.90. The SMILES string of the molecule is Cc1cc(CNC2CC2)cc(N(C)C2CCS(=O)(=O)C2)n1. The van der Waals surface area contributed by atoms with Crippen molar-refractivity contribution in [2.24, 2.45) is 0 Å². The Kier molecular flexibility index (Phi) is 3.92. The third-order valence-electron chi connectivity index (χ3n) is 4.29. The monoisotopic (exact) mass is 309 g/mol. The molecule has 1 atom stereocenters. The smallest absolute Gasteiger partial charge is 0.152 e. The number of pyridine rings is 1. The average Bonchev–Trinajstić information content (AvgIpc) is 3.18. The Bertz CT molecular complexity index is 626. The molecule has 0 amide bonds. The zero-order valence-corrected chi connectivity index (χ0v) is 13.5. The van der Waals surface area contributed by atoms with Gasteiger partial charge in [0.25, 0.3) is 0 Å². The van der Waals surface area contributed by atoms with E-state index in [2.05, 4.69) is 22.4 Å². The number of anilines is 1. The van der Waals surface area contributed by atoms with Gasteiger partial charge in [-0.1, -0.05) is 0 Å². The van der Waals surface area contributed by atoms with Gasteiger partial charge >= 0.3 is 0 Å². The van der Waals surface area contributed by atoms with Crippen molar-refractivity contribution in [3.63, 3.8) is 0 Å². The number of hydrogen-bond donors (Lipinski definition) is 1. The van der Waals surface area contributed by atoms with E-state index in [4.69, 9.17) is 0 Å². The molecule has 1 saturated carbocycles. The Labute approximate surface area is 126 Å². The molecule has 2 aliphatic rings. The Balaban J connectivity index is 1.73. The van der Waals surface area contributed by atoms with Gasteiger partial charge in [-0.25, -0.2) is 13.4 Å². The maximum Gasteiger partial charge on any atom is 0.152 e. The molecule has 6 heteroatoms. The fraction of sp³-hybridized carbons (Fsp3) is 0.667. The first-order valence-corrected chi connectivity index (χ1v) is 9.39. The summed E-state index contributed by atoms with van der Waals surface area (Å²) >= 11 is 0. The lowest BCUT2D eigenvalue weighted by Crippen LogP contribution is -2.33. The number of hydrogen-bond acceptors (Lipinski definition) is 5. The Morgan fingerprint density at radius 1 is 1.33 bits per heavy atom. The summed E-state index contributed by atoms with van der Waals surface area (Å²) in [6.45, 7) is 2.85. The van der Waals surface area contributed by atoms with E-state index < -0.39 is 9.84 Å². The van der Waals surface area contributed by atoms with Crippen molar-refractivity contribution < 1.29 is 8.42 Å². The van der Waals surface area contributed by atoms with E-state index in [1.165, 1.54) is 18.4 Å². The molecule has 1 aliphatic heterocycles. The first-order chi connectivity index (χ1) is 9.93. The largest absolute Gasteiger partial charge is 0.356 e. The predicted molar refractivity (Wildman–Crippen MR) is 84.3 cm³/mol. The average molecular weight is 309 g/mol. The molecule has 1 unspecified atom stereocenters. The van der Waals surface area contributed by atoms with Gasteiger partial charge in [0.2, 0.25) is 0 Å². The molecule has 1 saturated heterocycles. The summed E-state index contributed by atoms with van der Waals surface area (Å²) in [7, 11) is -0.914. The van der Waals surface area contributed by atoms with Crippen LogP contribution in [0.25, 0.3) is 0 Å². The molecular formula is C15H23N3O2S. The molecule has 1 N–H and O–H groups in total. The van der Waals surface area contributed by atoms with Crippen molar-refractivity contribution in [3.05, 3.63) is 23.4 Å². The van der Waals surface area contributed by atoms with Crippen LogP contribution in [0.5, 0.6) is 0 Å². The molecule has 1 aromatic heterocycles. The lowest BCUT2D eigenvalue weighted by atomic mass is 10.2. The van der Waals surface area contributed by atoms with Crippen LogP contribution in [0, 0.1) is 6.92 Å². The van der Waals surface area contributed by atoms with Crippen LogP contribution in [0.4, 0.5) is 5.82 Å². The predicted octanol–water partition coefficient (Wildman–Crippen LogP) is 1.27. The highest BCUT2D eigenvalue weighted by Crippen LogP contribution is 2.24. The van der Waals surface area contributed by atoms with Gasteiger partial charge in [0.15, 0.2) is 9.84 Å². The lowest BCUT2D eigenvalue weighted by Gasteiger charge is -2.25. The maximum absolute atomic E-state index is 11.6. The molecule has 116 valence electrons. The molecule has 5 nitrogen and oxygen atoms in total. The molecule has 3 rings (SSSR count). The molecule has 0 aromatic carbocycles. The highest BCUT2D eigenvalue weighted by Gasteiger charge is 2.31. The van der Waals surface area contributed by atoms with E-state index >= 15 is 0 Å². The maximum atomic E-state index is 11.6. The minimum Gasteiger partial charge on any atom is -0.356 e. The van der Waals surface area contributed by atoms with Crippen LogP contribution < -0.4 is 10.2 Å². The number of nitrogens with zero attached hydrogens (tertiary/aromatic N) is 2. The minimum absolute atomic E-state index is 0.0496. The summed E-state index contributed by atoms with van der Waals surface area (Å²) < 4.78 is 23.3. The quantitative estimate of drug-likeness (QED) is 0.887. The third-order valence-corrected chi connectivity index (χ3v) is 6.04. The molecule has 21 heavy (non-hydrogen) atoms. The Hall–Kier alpha value is -1.14. The van der Waals surface area contributed by atoms with Crippen molar-refractivity contribution in [2.75, 3.05) is 23.5 Å². The van der Waals surface area contributed by atoms with Crippen molar-refractivity contribution in [1.29, 1.82) is 0 Å². The van der Waals surface area contributed by atoms with Crippen molar-refractivity contribution in [1.82, 2.24) is 10.3 Å². The third kappa shape index (κ3) is 3.74. The lowest BCUT2D eigenvalue weighted by molar-refractivity contribution is 0.600. The second-order valence-electron chi connectivity index (χ2n) is 6.30. The fourth-order valence-corrected chi connectivity index (χ4v) is 4.60. The van der Waals surface area contributed by atoms with Crippen LogP contribution in [0.2, 0.25) is 0 Å². The van der Waals surface area contributed by atoms with Crippen LogP contribution in [0.1, 0.15) is 30.5 Å². The molecule has 0 radical (unpaired) electrons. The van der Waals surface area contributed by atoms with Gasteiger partial charge in [-0.2, -0.15) is 0 Å². The minimum atomic E-state index is -2.86. The van der Waals surface area contributed by atoms with Crippen LogP contribution in [0.15, 0.2) is 12.1 Å². The van der Waals surface area contributed by atoms with E-state index in [1.807, 2.05) is 18.9 Å². The van der Waals surface area contributed by atoms with Crippen molar-refractivity contribution in [2.45, 2.75) is 44.8 Å².